The summed E-state index contributed by atoms with van der Waals surface area (Å²) in [7, 11) is 1.75. The van der Waals surface area contributed by atoms with Crippen LogP contribution in [-0.4, -0.2) is 52.0 Å². The van der Waals surface area contributed by atoms with Crippen LogP contribution in [0.5, 0.6) is 0 Å². The predicted octanol–water partition coefficient (Wildman–Crippen LogP) is 0.141. The molecule has 2 N–H and O–H groups in total. The average Bonchev–Trinajstić information content (AvgIpc) is 2.93. The molecule has 3 heterocycles. The summed E-state index contributed by atoms with van der Waals surface area (Å²) < 4.78 is 6.91. The molecule has 3 rings (SSSR count). The van der Waals surface area contributed by atoms with E-state index in [9.17, 15) is 9.59 Å². The predicted molar refractivity (Wildman–Crippen MR) is 96.4 cm³/mol. The van der Waals surface area contributed by atoms with E-state index in [-0.39, 0.29) is 18.0 Å². The lowest BCUT2D eigenvalue weighted by Crippen LogP contribution is -2.38. The number of aromatic amines is 1. The maximum Gasteiger partial charge on any atom is 0.270 e. The van der Waals surface area contributed by atoms with E-state index in [2.05, 4.69) is 20.4 Å². The van der Waals surface area contributed by atoms with Gasteiger partial charge < -0.3 is 15.0 Å². The Morgan fingerprint density at radius 3 is 2.77 bits per heavy atom. The van der Waals surface area contributed by atoms with Crippen LogP contribution < -0.4 is 15.8 Å². The normalized spacial score (nSPS) is 14.5. The summed E-state index contributed by atoms with van der Waals surface area (Å²) in [5, 5.41) is 7.19. The van der Waals surface area contributed by atoms with Crippen molar-refractivity contribution in [2.45, 2.75) is 26.8 Å². The first-order valence-corrected chi connectivity index (χ1v) is 8.73. The summed E-state index contributed by atoms with van der Waals surface area (Å²) in [4.78, 5) is 33.7. The van der Waals surface area contributed by atoms with Crippen LogP contribution in [0.3, 0.4) is 0 Å². The number of nitrogens with zero attached hydrogens (tertiary/aromatic N) is 4. The zero-order valence-electron chi connectivity index (χ0n) is 15.3. The number of hydrogen-bond acceptors (Lipinski definition) is 6. The summed E-state index contributed by atoms with van der Waals surface area (Å²) >= 11 is 0. The first-order chi connectivity index (χ1) is 12.5. The van der Waals surface area contributed by atoms with Crippen molar-refractivity contribution < 1.29 is 9.53 Å². The highest BCUT2D eigenvalue weighted by atomic mass is 16.5. The minimum absolute atomic E-state index is 0.173. The summed E-state index contributed by atoms with van der Waals surface area (Å²) in [5.41, 5.74) is 2.58. The van der Waals surface area contributed by atoms with Crippen LogP contribution in [0.15, 0.2) is 10.9 Å². The maximum absolute atomic E-state index is 12.5. The third-order valence-corrected chi connectivity index (χ3v) is 4.46. The zero-order chi connectivity index (χ0) is 18.7. The van der Waals surface area contributed by atoms with Crippen molar-refractivity contribution in [1.29, 1.82) is 0 Å². The number of aromatic nitrogens is 4. The van der Waals surface area contributed by atoms with Gasteiger partial charge in [-0.2, -0.15) is 5.10 Å². The second-order valence-electron chi connectivity index (χ2n) is 6.24. The molecular weight excluding hydrogens is 336 g/mol. The summed E-state index contributed by atoms with van der Waals surface area (Å²) in [6.45, 7) is 6.62. The number of aryl methyl sites for hydroxylation is 2. The van der Waals surface area contributed by atoms with Gasteiger partial charge in [0.2, 0.25) is 5.95 Å². The van der Waals surface area contributed by atoms with E-state index in [1.54, 1.807) is 11.7 Å². The van der Waals surface area contributed by atoms with Crippen LogP contribution in [0, 0.1) is 6.92 Å². The Hall–Kier alpha value is -2.68. The quantitative estimate of drug-likeness (QED) is 0.786. The molecule has 1 aliphatic heterocycles. The number of ether oxygens (including phenoxy) is 1. The van der Waals surface area contributed by atoms with Crippen molar-refractivity contribution in [3.63, 3.8) is 0 Å². The molecule has 0 aliphatic carbocycles. The van der Waals surface area contributed by atoms with Gasteiger partial charge in [0.1, 0.15) is 5.69 Å². The lowest BCUT2D eigenvalue weighted by atomic mass is 10.1. The third-order valence-electron chi connectivity index (χ3n) is 4.46. The molecule has 1 saturated heterocycles. The molecule has 26 heavy (non-hydrogen) atoms. The molecular formula is C17H24N6O3. The van der Waals surface area contributed by atoms with Crippen LogP contribution in [-0.2, 0) is 24.8 Å². The summed E-state index contributed by atoms with van der Waals surface area (Å²) in [6.07, 6.45) is 0.769. The first-order valence-electron chi connectivity index (χ1n) is 8.73. The van der Waals surface area contributed by atoms with Crippen molar-refractivity contribution >= 4 is 11.9 Å². The Bertz CT molecular complexity index is 851. The second kappa shape index (κ2) is 7.69. The molecule has 0 aromatic carbocycles. The van der Waals surface area contributed by atoms with Gasteiger partial charge >= 0.3 is 0 Å². The number of morpholine rings is 1. The fraction of sp³-hybridized carbons (Fsp3) is 0.529. The molecule has 1 aliphatic rings. The Kier molecular flexibility index (Phi) is 5.36. The van der Waals surface area contributed by atoms with Crippen molar-refractivity contribution in [3.8, 4) is 0 Å². The smallest absolute Gasteiger partial charge is 0.270 e. The highest BCUT2D eigenvalue weighted by Gasteiger charge is 2.19. The average molecular weight is 360 g/mol. The minimum atomic E-state index is -0.240. The third kappa shape index (κ3) is 3.77. The molecule has 0 saturated carbocycles. The number of carbonyl (C=O) groups is 1. The van der Waals surface area contributed by atoms with E-state index in [1.807, 2.05) is 18.7 Å². The van der Waals surface area contributed by atoms with Gasteiger partial charge in [-0.3, -0.25) is 19.3 Å². The summed E-state index contributed by atoms with van der Waals surface area (Å²) in [5.74, 6) is 0.280. The first kappa shape index (κ1) is 18.1. The lowest BCUT2D eigenvalue weighted by Gasteiger charge is -2.27. The van der Waals surface area contributed by atoms with Gasteiger partial charge in [0.05, 0.1) is 31.1 Å². The monoisotopic (exact) mass is 360 g/mol. The fourth-order valence-corrected chi connectivity index (χ4v) is 3.10. The van der Waals surface area contributed by atoms with Gasteiger partial charge in [-0.25, -0.2) is 4.98 Å². The van der Waals surface area contributed by atoms with Crippen molar-refractivity contribution in [3.05, 3.63) is 39.1 Å². The van der Waals surface area contributed by atoms with Crippen LogP contribution in [0.1, 0.15) is 34.4 Å². The van der Waals surface area contributed by atoms with E-state index >= 15 is 0 Å². The molecule has 1 fully saturated rings. The SMILES string of the molecule is CCc1nn(C)c(C(=O)NCc2cc(=O)[nH]c(N3CCOCC3)n2)c1C. The van der Waals surface area contributed by atoms with Gasteiger partial charge in [-0.1, -0.05) is 6.92 Å². The molecule has 0 radical (unpaired) electrons. The highest BCUT2D eigenvalue weighted by Crippen LogP contribution is 2.13. The van der Waals surface area contributed by atoms with Crippen LogP contribution in [0.25, 0.3) is 0 Å². The van der Waals surface area contributed by atoms with Crippen molar-refractivity contribution in [2.75, 3.05) is 31.2 Å². The Morgan fingerprint density at radius 2 is 2.12 bits per heavy atom. The van der Waals surface area contributed by atoms with Crippen LogP contribution in [0.2, 0.25) is 0 Å². The molecule has 2 aromatic rings. The minimum Gasteiger partial charge on any atom is -0.378 e. The lowest BCUT2D eigenvalue weighted by molar-refractivity contribution is 0.0940. The molecule has 0 spiro atoms. The van der Waals surface area contributed by atoms with E-state index < -0.39 is 0 Å². The molecule has 0 unspecified atom stereocenters. The largest absolute Gasteiger partial charge is 0.378 e. The number of rotatable bonds is 5. The van der Waals surface area contributed by atoms with Gasteiger partial charge in [0.15, 0.2) is 0 Å². The Labute approximate surface area is 151 Å². The maximum atomic E-state index is 12.5. The van der Waals surface area contributed by atoms with Gasteiger partial charge in [-0.05, 0) is 13.3 Å². The highest BCUT2D eigenvalue weighted by molar-refractivity contribution is 5.94. The van der Waals surface area contributed by atoms with Gasteiger partial charge in [0, 0.05) is 31.8 Å². The van der Waals surface area contributed by atoms with Crippen molar-refractivity contribution in [1.82, 2.24) is 25.1 Å². The number of nitrogens with one attached hydrogen (secondary N) is 2. The van der Waals surface area contributed by atoms with Crippen LogP contribution in [0.4, 0.5) is 5.95 Å². The molecule has 140 valence electrons. The Morgan fingerprint density at radius 1 is 1.38 bits per heavy atom. The molecule has 0 bridgehead atoms. The second-order valence-corrected chi connectivity index (χ2v) is 6.24. The van der Waals surface area contributed by atoms with Crippen LogP contribution >= 0.6 is 0 Å². The standard InChI is InChI=1S/C17H24N6O3/c1-4-13-11(2)15(22(3)21-13)16(25)18-10-12-9-14(24)20-17(19-12)23-5-7-26-8-6-23/h9H,4-8,10H2,1-3H3,(H,18,25)(H,19,20,24). The molecule has 2 aromatic heterocycles. The number of amides is 1. The van der Waals surface area contributed by atoms with E-state index in [0.717, 1.165) is 17.7 Å². The number of anilines is 1. The van der Waals surface area contributed by atoms with Gasteiger partial charge in [0.25, 0.3) is 11.5 Å². The van der Waals surface area contributed by atoms with Gasteiger partial charge in [-0.15, -0.1) is 0 Å². The zero-order valence-corrected chi connectivity index (χ0v) is 15.3. The number of H-pyrrole nitrogens is 1. The Balaban J connectivity index is 1.73. The number of carbonyl (C=O) groups excluding carboxylic acids is 1. The topological polar surface area (TPSA) is 105 Å². The fourth-order valence-electron chi connectivity index (χ4n) is 3.10. The van der Waals surface area contributed by atoms with E-state index in [4.69, 9.17) is 4.74 Å². The molecule has 9 nitrogen and oxygen atoms in total. The van der Waals surface area contributed by atoms with Crippen molar-refractivity contribution in [2.24, 2.45) is 7.05 Å². The summed E-state index contributed by atoms with van der Waals surface area (Å²) in [6, 6.07) is 1.40. The van der Waals surface area contributed by atoms with E-state index in [0.29, 0.717) is 43.6 Å². The molecule has 9 heteroatoms. The van der Waals surface area contributed by atoms with E-state index in [1.165, 1.54) is 6.07 Å². The molecule has 0 atom stereocenters. The molecule has 1 amide bonds. The number of hydrogen-bond donors (Lipinski definition) is 2.